The number of nitrogens with zero attached hydrogens (tertiary/aromatic N) is 2. The molecule has 1 aromatic heterocycles. The third-order valence-corrected chi connectivity index (χ3v) is 17.3. The molecule has 350 valence electrons. The molecule has 0 atom stereocenters. The fourth-order valence-corrected chi connectivity index (χ4v) is 14.2. The lowest BCUT2D eigenvalue weighted by molar-refractivity contribution is 0.606. The summed E-state index contributed by atoms with van der Waals surface area (Å²) in [6.45, 7) is 0. The van der Waals surface area contributed by atoms with Gasteiger partial charge in [0, 0.05) is 26.5 Å². The zero-order chi connectivity index (χ0) is 49.5. The van der Waals surface area contributed by atoms with Crippen molar-refractivity contribution in [2.75, 3.05) is 0 Å². The molecule has 2 aliphatic carbocycles. The summed E-state index contributed by atoms with van der Waals surface area (Å²) in [5.74, 6) is 0.686. The second-order valence-electron chi connectivity index (χ2n) is 19.9. The van der Waals surface area contributed by atoms with Crippen LogP contribution in [0.15, 0.2) is 289 Å². The van der Waals surface area contributed by atoms with Crippen LogP contribution in [0.5, 0.6) is 0 Å². The van der Waals surface area contributed by atoms with E-state index >= 15 is 0 Å². The smallest absolute Gasteiger partial charge is 0.160 e. The van der Waals surface area contributed by atoms with E-state index in [1.165, 1.54) is 87.7 Å². The first kappa shape index (κ1) is 43.4. The van der Waals surface area contributed by atoms with E-state index in [1.807, 2.05) is 11.8 Å². The predicted octanol–water partition coefficient (Wildman–Crippen LogP) is 18.0. The van der Waals surface area contributed by atoms with E-state index in [0.29, 0.717) is 5.82 Å². The molecule has 75 heavy (non-hydrogen) atoms. The van der Waals surface area contributed by atoms with Gasteiger partial charge in [-0.2, -0.15) is 0 Å². The third-order valence-electron chi connectivity index (χ3n) is 16.1. The molecule has 0 fully saturated rings. The van der Waals surface area contributed by atoms with Crippen molar-refractivity contribution in [3.8, 4) is 78.4 Å². The maximum Gasteiger partial charge on any atom is 0.160 e. The summed E-state index contributed by atoms with van der Waals surface area (Å²) in [4.78, 5) is 13.2. The van der Waals surface area contributed by atoms with Gasteiger partial charge in [0.2, 0.25) is 0 Å². The van der Waals surface area contributed by atoms with Gasteiger partial charge in [-0.1, -0.05) is 273 Å². The van der Waals surface area contributed by atoms with Crippen LogP contribution in [0.3, 0.4) is 0 Å². The van der Waals surface area contributed by atoms with E-state index in [-0.39, 0.29) is 0 Å². The quantitative estimate of drug-likeness (QED) is 0.166. The second-order valence-corrected chi connectivity index (χ2v) is 20.9. The summed E-state index contributed by atoms with van der Waals surface area (Å²) in [6.07, 6.45) is 0. The number of aromatic nitrogens is 2. The zero-order valence-electron chi connectivity index (χ0n) is 40.9. The molecular formula is C72H46N2S. The first-order chi connectivity index (χ1) is 37.2. The average Bonchev–Trinajstić information content (AvgIpc) is 4.07. The molecule has 0 saturated heterocycles. The third kappa shape index (κ3) is 6.54. The van der Waals surface area contributed by atoms with E-state index < -0.39 is 10.8 Å². The minimum atomic E-state index is -0.613. The predicted molar refractivity (Wildman–Crippen MR) is 308 cm³/mol. The molecule has 0 N–H and O–H groups in total. The number of benzene rings is 11. The van der Waals surface area contributed by atoms with E-state index in [1.54, 1.807) is 0 Å². The number of hydrogen-bond acceptors (Lipinski definition) is 3. The van der Waals surface area contributed by atoms with Crippen LogP contribution in [0, 0.1) is 0 Å². The Morgan fingerprint density at radius 1 is 0.240 bits per heavy atom. The SMILES string of the molecule is c1ccc(-c2ccc(-c3cc(-c4cccc(-c5cccc6c5Sc5ccccc5C65c6ccccc6C6(c7ccccc7-c7ccccc76)c6ccccc65)c4)nc(-c4ccc(-c5ccccc5)cc4)n3)cc2)cc1. The van der Waals surface area contributed by atoms with Crippen molar-refractivity contribution in [1.29, 1.82) is 0 Å². The maximum atomic E-state index is 5.39. The molecule has 0 saturated carbocycles. The van der Waals surface area contributed by atoms with Crippen molar-refractivity contribution < 1.29 is 0 Å². The summed E-state index contributed by atoms with van der Waals surface area (Å²) in [5, 5.41) is 0. The summed E-state index contributed by atoms with van der Waals surface area (Å²) >= 11 is 1.90. The van der Waals surface area contributed by atoms with Crippen molar-refractivity contribution in [2.45, 2.75) is 20.6 Å². The van der Waals surface area contributed by atoms with Gasteiger partial charge < -0.3 is 0 Å². The van der Waals surface area contributed by atoms with Gasteiger partial charge in [0.05, 0.1) is 22.2 Å². The van der Waals surface area contributed by atoms with Crippen molar-refractivity contribution in [3.05, 3.63) is 324 Å². The number of hydrogen-bond donors (Lipinski definition) is 0. The molecule has 3 heteroatoms. The highest BCUT2D eigenvalue weighted by atomic mass is 32.2. The zero-order valence-corrected chi connectivity index (χ0v) is 41.7. The van der Waals surface area contributed by atoms with E-state index in [4.69, 9.17) is 9.97 Å². The van der Waals surface area contributed by atoms with Crippen LogP contribution in [0.25, 0.3) is 78.4 Å². The summed E-state index contributed by atoms with van der Waals surface area (Å²) in [6, 6.07) is 103. The first-order valence-corrected chi connectivity index (χ1v) is 26.6. The molecule has 2 spiro atoms. The minimum absolute atomic E-state index is 0.500. The van der Waals surface area contributed by atoms with Crippen LogP contribution in [-0.4, -0.2) is 9.97 Å². The van der Waals surface area contributed by atoms with Crippen LogP contribution in [0.2, 0.25) is 0 Å². The Kier molecular flexibility index (Phi) is 9.98. The van der Waals surface area contributed by atoms with Gasteiger partial charge in [0.15, 0.2) is 5.82 Å². The van der Waals surface area contributed by atoms with Gasteiger partial charge in [-0.3, -0.25) is 0 Å². The first-order valence-electron chi connectivity index (χ1n) is 25.8. The Bertz CT molecular complexity index is 4000. The summed E-state index contributed by atoms with van der Waals surface area (Å²) < 4.78 is 0. The molecule has 2 nitrogen and oxygen atoms in total. The van der Waals surface area contributed by atoms with Crippen LogP contribution in [0.1, 0.15) is 44.5 Å². The van der Waals surface area contributed by atoms with Gasteiger partial charge in [-0.25, -0.2) is 9.97 Å². The molecule has 0 bridgehead atoms. The highest BCUT2D eigenvalue weighted by Crippen LogP contribution is 2.67. The van der Waals surface area contributed by atoms with Crippen molar-refractivity contribution in [3.63, 3.8) is 0 Å². The van der Waals surface area contributed by atoms with Crippen molar-refractivity contribution in [1.82, 2.24) is 9.97 Å². The molecule has 15 rings (SSSR count). The Hall–Kier alpha value is -9.15. The number of rotatable bonds is 6. The van der Waals surface area contributed by atoms with E-state index in [0.717, 1.165) is 39.2 Å². The topological polar surface area (TPSA) is 25.8 Å². The summed E-state index contributed by atoms with van der Waals surface area (Å²) in [7, 11) is 0. The second kappa shape index (κ2) is 17.2. The van der Waals surface area contributed by atoms with Crippen LogP contribution in [-0.2, 0) is 10.8 Å². The number of fused-ring (bicyclic) bond motifs is 15. The maximum absolute atomic E-state index is 5.39. The standard InChI is InChI=1S/C72H46N2S/c1-3-19-47(20-4-1)49-37-41-51(42-38-49)66-46-67(74-70(73-66)52-43-39-50(40-44-52)48-21-5-2-6-22-48)54-24-17-23-53(45-54)55-27-18-35-65-69(55)75-68-36-16-15-34-64(68)72(65)62-32-13-11-30-60(62)71(61-31-12-14-33-63(61)72)58-28-9-7-25-56(58)57-26-8-10-29-59(57)71/h1-46H. The fraction of sp³-hybridized carbons (Fsp3) is 0.0278. The van der Waals surface area contributed by atoms with Crippen molar-refractivity contribution >= 4 is 11.8 Å². The largest absolute Gasteiger partial charge is 0.228 e. The summed E-state index contributed by atoms with van der Waals surface area (Å²) in [5.41, 5.74) is 23.9. The van der Waals surface area contributed by atoms with Gasteiger partial charge in [-0.05, 0) is 107 Å². The molecule has 3 aliphatic rings. The van der Waals surface area contributed by atoms with Crippen LogP contribution in [0.4, 0.5) is 0 Å². The average molecular weight is 971 g/mol. The normalized spacial score (nSPS) is 13.8. The van der Waals surface area contributed by atoms with Crippen molar-refractivity contribution in [2.24, 2.45) is 0 Å². The Labute approximate surface area is 441 Å². The molecular weight excluding hydrogens is 925 g/mol. The lowest BCUT2D eigenvalue weighted by atomic mass is 9.51. The Balaban J connectivity index is 0.908. The molecule has 0 unspecified atom stereocenters. The highest BCUT2D eigenvalue weighted by molar-refractivity contribution is 7.99. The van der Waals surface area contributed by atoms with Gasteiger partial charge in [0.25, 0.3) is 0 Å². The molecule has 0 amide bonds. The highest BCUT2D eigenvalue weighted by Gasteiger charge is 2.58. The van der Waals surface area contributed by atoms with E-state index in [2.05, 4.69) is 279 Å². The van der Waals surface area contributed by atoms with Crippen LogP contribution >= 0.6 is 11.8 Å². The molecule has 11 aromatic carbocycles. The minimum Gasteiger partial charge on any atom is -0.228 e. The van der Waals surface area contributed by atoms with Crippen LogP contribution < -0.4 is 0 Å². The van der Waals surface area contributed by atoms with Gasteiger partial charge >= 0.3 is 0 Å². The lowest BCUT2D eigenvalue weighted by Gasteiger charge is -2.52. The van der Waals surface area contributed by atoms with Gasteiger partial charge in [0.1, 0.15) is 0 Å². The lowest BCUT2D eigenvalue weighted by Crippen LogP contribution is -2.45. The molecule has 12 aromatic rings. The Morgan fingerprint density at radius 2 is 0.613 bits per heavy atom. The van der Waals surface area contributed by atoms with E-state index in [9.17, 15) is 0 Å². The molecule has 0 radical (unpaired) electrons. The molecule has 2 heterocycles. The van der Waals surface area contributed by atoms with Gasteiger partial charge in [-0.15, -0.1) is 0 Å². The molecule has 1 aliphatic heterocycles. The monoisotopic (exact) mass is 970 g/mol. The Morgan fingerprint density at radius 3 is 1.19 bits per heavy atom. The fourth-order valence-electron chi connectivity index (χ4n) is 12.9.